The molecule has 0 bridgehead atoms. The summed E-state index contributed by atoms with van der Waals surface area (Å²) in [6.45, 7) is 5.80. The van der Waals surface area contributed by atoms with Crippen LogP contribution in [0.5, 0.6) is 5.75 Å². The van der Waals surface area contributed by atoms with Crippen molar-refractivity contribution in [1.29, 1.82) is 0 Å². The fraction of sp³-hybridized carbons (Fsp3) is 0.312. The number of para-hydroxylation sites is 1. The molecular weight excluding hydrogens is 282 g/mol. The van der Waals surface area contributed by atoms with Crippen molar-refractivity contribution in [3.8, 4) is 5.75 Å². The van der Waals surface area contributed by atoms with Gasteiger partial charge in [-0.05, 0) is 19.1 Å². The molecule has 1 aromatic heterocycles. The third kappa shape index (κ3) is 2.86. The van der Waals surface area contributed by atoms with Gasteiger partial charge in [0, 0.05) is 17.8 Å². The first-order valence-electron chi connectivity index (χ1n) is 7.14. The Morgan fingerprint density at radius 3 is 2.73 bits per heavy atom. The lowest BCUT2D eigenvalue weighted by Crippen LogP contribution is -2.26. The molecule has 1 heterocycles. The molecule has 0 saturated heterocycles. The van der Waals surface area contributed by atoms with Gasteiger partial charge in [0.25, 0.3) is 5.56 Å². The molecular formula is C16H19N3O3. The number of aromatic nitrogens is 1. The molecule has 1 amide bonds. The van der Waals surface area contributed by atoms with E-state index < -0.39 is 0 Å². The van der Waals surface area contributed by atoms with E-state index in [-0.39, 0.29) is 28.7 Å². The lowest BCUT2D eigenvalue weighted by molar-refractivity contribution is -0.123. The molecule has 0 aliphatic heterocycles. The van der Waals surface area contributed by atoms with Gasteiger partial charge in [-0.15, -0.1) is 0 Å². The molecule has 6 nitrogen and oxygen atoms in total. The van der Waals surface area contributed by atoms with Gasteiger partial charge in [-0.3, -0.25) is 9.59 Å². The second kappa shape index (κ2) is 6.43. The number of aromatic hydroxyl groups is 1. The van der Waals surface area contributed by atoms with Crippen LogP contribution in [0.2, 0.25) is 0 Å². The number of aryl methyl sites for hydroxylation is 1. The van der Waals surface area contributed by atoms with Crippen LogP contribution in [-0.2, 0) is 11.3 Å². The predicted octanol–water partition coefficient (Wildman–Crippen LogP) is 1.83. The van der Waals surface area contributed by atoms with E-state index in [9.17, 15) is 14.7 Å². The van der Waals surface area contributed by atoms with Gasteiger partial charge >= 0.3 is 0 Å². The van der Waals surface area contributed by atoms with Crippen molar-refractivity contribution in [2.45, 2.75) is 27.3 Å². The first kappa shape index (κ1) is 15.8. The highest BCUT2D eigenvalue weighted by atomic mass is 16.3. The normalized spacial score (nSPS) is 11.5. The Kier molecular flexibility index (Phi) is 4.60. The standard InChI is InChI=1S/C16H19N3O3/c1-4-19-13-8-6-5-7-11(13)14(20)12(16(19)22)9-17-18-15(21)10(2)3/h5-10,20H,4H2,1-3H3,(H,18,21). The molecule has 0 aliphatic rings. The largest absolute Gasteiger partial charge is 0.506 e. The summed E-state index contributed by atoms with van der Waals surface area (Å²) in [5.41, 5.74) is 2.72. The molecule has 2 N–H and O–H groups in total. The average Bonchev–Trinajstić information content (AvgIpc) is 2.50. The van der Waals surface area contributed by atoms with Crippen LogP contribution in [0.4, 0.5) is 0 Å². The fourth-order valence-electron chi connectivity index (χ4n) is 2.13. The number of amides is 1. The highest BCUT2D eigenvalue weighted by Gasteiger charge is 2.14. The highest BCUT2D eigenvalue weighted by Crippen LogP contribution is 2.25. The summed E-state index contributed by atoms with van der Waals surface area (Å²) in [5.74, 6) is -0.602. The van der Waals surface area contributed by atoms with E-state index in [1.54, 1.807) is 36.6 Å². The molecule has 0 radical (unpaired) electrons. The van der Waals surface area contributed by atoms with Crippen molar-refractivity contribution >= 4 is 23.0 Å². The smallest absolute Gasteiger partial charge is 0.263 e. The van der Waals surface area contributed by atoms with Crippen molar-refractivity contribution in [3.05, 3.63) is 40.2 Å². The SMILES string of the molecule is CCn1c(=O)c(C=NNC(=O)C(C)C)c(O)c2ccccc21. The minimum absolute atomic E-state index is 0.0598. The van der Waals surface area contributed by atoms with Crippen molar-refractivity contribution in [2.75, 3.05) is 0 Å². The predicted molar refractivity (Wildman–Crippen MR) is 86.1 cm³/mol. The van der Waals surface area contributed by atoms with Crippen molar-refractivity contribution in [3.63, 3.8) is 0 Å². The van der Waals surface area contributed by atoms with Gasteiger partial charge in [-0.25, -0.2) is 5.43 Å². The third-order valence-corrected chi connectivity index (χ3v) is 3.39. The quantitative estimate of drug-likeness (QED) is 0.667. The van der Waals surface area contributed by atoms with Crippen LogP contribution in [0.25, 0.3) is 10.9 Å². The maximum absolute atomic E-state index is 12.4. The summed E-state index contributed by atoms with van der Waals surface area (Å²) >= 11 is 0. The lowest BCUT2D eigenvalue weighted by atomic mass is 10.1. The van der Waals surface area contributed by atoms with Gasteiger partial charge in [0.15, 0.2) is 0 Å². The molecule has 0 fully saturated rings. The minimum atomic E-state index is -0.346. The van der Waals surface area contributed by atoms with Crippen LogP contribution in [0.3, 0.4) is 0 Å². The molecule has 22 heavy (non-hydrogen) atoms. The molecule has 0 aliphatic carbocycles. The molecule has 116 valence electrons. The average molecular weight is 301 g/mol. The second-order valence-corrected chi connectivity index (χ2v) is 5.22. The van der Waals surface area contributed by atoms with Crippen LogP contribution in [-0.4, -0.2) is 21.8 Å². The summed E-state index contributed by atoms with van der Waals surface area (Å²) in [7, 11) is 0. The molecule has 0 saturated carbocycles. The number of fused-ring (bicyclic) bond motifs is 1. The molecule has 0 spiro atoms. The lowest BCUT2D eigenvalue weighted by Gasteiger charge is -2.11. The molecule has 2 rings (SSSR count). The number of pyridine rings is 1. The molecule has 2 aromatic rings. The Morgan fingerprint density at radius 1 is 1.41 bits per heavy atom. The van der Waals surface area contributed by atoms with Crippen LogP contribution >= 0.6 is 0 Å². The van der Waals surface area contributed by atoms with Crippen LogP contribution in [0.1, 0.15) is 26.3 Å². The number of benzene rings is 1. The number of carbonyl (C=O) groups excluding carboxylic acids is 1. The zero-order valence-electron chi connectivity index (χ0n) is 12.8. The number of hydrazone groups is 1. The van der Waals surface area contributed by atoms with Crippen molar-refractivity contribution in [1.82, 2.24) is 9.99 Å². The number of hydrogen-bond acceptors (Lipinski definition) is 4. The summed E-state index contributed by atoms with van der Waals surface area (Å²) in [6.07, 6.45) is 1.19. The maximum Gasteiger partial charge on any atom is 0.263 e. The van der Waals surface area contributed by atoms with E-state index in [4.69, 9.17) is 0 Å². The monoisotopic (exact) mass is 301 g/mol. The van der Waals surface area contributed by atoms with E-state index in [1.165, 1.54) is 6.21 Å². The zero-order chi connectivity index (χ0) is 16.3. The van der Waals surface area contributed by atoms with Gasteiger partial charge in [-0.2, -0.15) is 5.10 Å². The number of rotatable bonds is 4. The van der Waals surface area contributed by atoms with Crippen LogP contribution in [0, 0.1) is 5.92 Å². The maximum atomic E-state index is 12.4. The van der Waals surface area contributed by atoms with E-state index in [0.717, 1.165) is 0 Å². The minimum Gasteiger partial charge on any atom is -0.506 e. The third-order valence-electron chi connectivity index (χ3n) is 3.39. The summed E-state index contributed by atoms with van der Waals surface area (Å²) in [5, 5.41) is 14.6. The van der Waals surface area contributed by atoms with E-state index in [1.807, 2.05) is 13.0 Å². The first-order chi connectivity index (χ1) is 10.5. The second-order valence-electron chi connectivity index (χ2n) is 5.22. The zero-order valence-corrected chi connectivity index (χ0v) is 12.8. The van der Waals surface area contributed by atoms with Gasteiger partial charge in [-0.1, -0.05) is 26.0 Å². The summed E-state index contributed by atoms with van der Waals surface area (Å²) in [4.78, 5) is 23.9. The Bertz CT molecular complexity index is 791. The summed E-state index contributed by atoms with van der Waals surface area (Å²) in [6, 6.07) is 7.11. The van der Waals surface area contributed by atoms with Crippen LogP contribution in [0.15, 0.2) is 34.2 Å². The molecule has 1 aromatic carbocycles. The van der Waals surface area contributed by atoms with Gasteiger partial charge in [0.05, 0.1) is 11.7 Å². The van der Waals surface area contributed by atoms with Crippen LogP contribution < -0.4 is 11.0 Å². The van der Waals surface area contributed by atoms with E-state index >= 15 is 0 Å². The van der Waals surface area contributed by atoms with Crippen molar-refractivity contribution < 1.29 is 9.90 Å². The highest BCUT2D eigenvalue weighted by molar-refractivity contribution is 5.95. The Hall–Kier alpha value is -2.63. The summed E-state index contributed by atoms with van der Waals surface area (Å²) < 4.78 is 1.56. The molecule has 0 unspecified atom stereocenters. The topological polar surface area (TPSA) is 83.7 Å². The molecule has 6 heteroatoms. The number of carbonyl (C=O) groups is 1. The van der Waals surface area contributed by atoms with Gasteiger partial charge < -0.3 is 9.67 Å². The van der Waals surface area contributed by atoms with Crippen molar-refractivity contribution in [2.24, 2.45) is 11.0 Å². The molecule has 0 atom stereocenters. The van der Waals surface area contributed by atoms with E-state index in [2.05, 4.69) is 10.5 Å². The number of hydrogen-bond donors (Lipinski definition) is 2. The Labute approximate surface area is 128 Å². The van der Waals surface area contributed by atoms with Gasteiger partial charge in [0.2, 0.25) is 5.91 Å². The Morgan fingerprint density at radius 2 is 2.09 bits per heavy atom. The number of nitrogens with one attached hydrogen (secondary N) is 1. The van der Waals surface area contributed by atoms with Gasteiger partial charge in [0.1, 0.15) is 11.3 Å². The Balaban J connectivity index is 2.53. The fourth-order valence-corrected chi connectivity index (χ4v) is 2.13. The number of nitrogens with zero attached hydrogens (tertiary/aromatic N) is 2. The van der Waals surface area contributed by atoms with E-state index in [0.29, 0.717) is 17.4 Å². The first-order valence-corrected chi connectivity index (χ1v) is 7.14.